The third-order valence-electron chi connectivity index (χ3n) is 1.30. The van der Waals surface area contributed by atoms with Crippen molar-refractivity contribution >= 4 is 5.95 Å². The number of rotatable bonds is 1. The lowest BCUT2D eigenvalue weighted by Gasteiger charge is -2.04. The standard InChI is InChI=1S/C7H12N3.2C2H6/c1-9(2)7-8-5-4-6-10(7)3;2*1-2/h4-6H,1-3H3;2*1-2H3/q+1;;. The quantitative estimate of drug-likeness (QED) is 0.643. The lowest BCUT2D eigenvalue weighted by Crippen LogP contribution is -2.36. The molecule has 0 saturated carbocycles. The van der Waals surface area contributed by atoms with Crippen molar-refractivity contribution in [3.8, 4) is 0 Å². The molecule has 0 amide bonds. The summed E-state index contributed by atoms with van der Waals surface area (Å²) in [5, 5.41) is 0. The van der Waals surface area contributed by atoms with E-state index in [4.69, 9.17) is 0 Å². The van der Waals surface area contributed by atoms with Crippen LogP contribution in [0.2, 0.25) is 0 Å². The molecule has 0 aliphatic carbocycles. The van der Waals surface area contributed by atoms with E-state index in [9.17, 15) is 0 Å². The van der Waals surface area contributed by atoms with E-state index in [0.29, 0.717) is 0 Å². The summed E-state index contributed by atoms with van der Waals surface area (Å²) < 4.78 is 1.97. The first kappa shape index (κ1) is 15.4. The second kappa shape index (κ2) is 9.96. The monoisotopic (exact) mass is 198 g/mol. The molecule has 1 rings (SSSR count). The van der Waals surface area contributed by atoms with Crippen LogP contribution in [-0.4, -0.2) is 19.1 Å². The average Bonchev–Trinajstić information content (AvgIpc) is 2.24. The highest BCUT2D eigenvalue weighted by Crippen LogP contribution is 1.93. The molecule has 14 heavy (non-hydrogen) atoms. The third-order valence-corrected chi connectivity index (χ3v) is 1.30. The van der Waals surface area contributed by atoms with Gasteiger partial charge in [-0.15, -0.1) is 0 Å². The zero-order valence-corrected chi connectivity index (χ0v) is 10.6. The maximum absolute atomic E-state index is 4.17. The minimum Gasteiger partial charge on any atom is -0.267 e. The van der Waals surface area contributed by atoms with Crippen LogP contribution in [0.25, 0.3) is 0 Å². The Labute approximate surface area is 88.4 Å². The molecule has 0 atom stereocenters. The summed E-state index contributed by atoms with van der Waals surface area (Å²) in [7, 11) is 5.92. The summed E-state index contributed by atoms with van der Waals surface area (Å²) in [5.41, 5.74) is 0. The fourth-order valence-corrected chi connectivity index (χ4v) is 0.866. The van der Waals surface area contributed by atoms with Gasteiger partial charge >= 0.3 is 5.95 Å². The molecule has 0 fully saturated rings. The minimum atomic E-state index is 0.961. The summed E-state index contributed by atoms with van der Waals surface area (Å²) in [6.07, 6.45) is 3.76. The first-order valence-corrected chi connectivity index (χ1v) is 5.20. The highest BCUT2D eigenvalue weighted by atomic mass is 15.2. The van der Waals surface area contributed by atoms with Gasteiger partial charge in [-0.1, -0.05) is 32.7 Å². The predicted molar refractivity (Wildman–Crippen MR) is 62.4 cm³/mol. The van der Waals surface area contributed by atoms with Crippen molar-refractivity contribution in [2.75, 3.05) is 19.0 Å². The second-order valence-corrected chi connectivity index (χ2v) is 2.43. The lowest BCUT2D eigenvalue weighted by atomic mass is 10.6. The second-order valence-electron chi connectivity index (χ2n) is 2.43. The van der Waals surface area contributed by atoms with Gasteiger partial charge in [0, 0.05) is 6.07 Å². The fourth-order valence-electron chi connectivity index (χ4n) is 0.866. The van der Waals surface area contributed by atoms with E-state index in [0.717, 1.165) is 5.95 Å². The van der Waals surface area contributed by atoms with Crippen molar-refractivity contribution in [3.63, 3.8) is 0 Å². The average molecular weight is 198 g/mol. The summed E-state index contributed by atoms with van der Waals surface area (Å²) in [5.74, 6) is 0.961. The molecule has 0 aliphatic rings. The number of nitrogens with zero attached hydrogens (tertiary/aromatic N) is 3. The molecule has 0 unspecified atom stereocenters. The molecule has 1 aromatic heterocycles. The molecule has 0 N–H and O–H groups in total. The number of anilines is 1. The van der Waals surface area contributed by atoms with Crippen molar-refractivity contribution in [1.82, 2.24) is 4.98 Å². The van der Waals surface area contributed by atoms with Crippen LogP contribution in [0.3, 0.4) is 0 Å². The number of hydrogen-bond donors (Lipinski definition) is 0. The van der Waals surface area contributed by atoms with E-state index >= 15 is 0 Å². The van der Waals surface area contributed by atoms with Crippen LogP contribution in [0.15, 0.2) is 18.5 Å². The lowest BCUT2D eigenvalue weighted by molar-refractivity contribution is -0.661. The van der Waals surface area contributed by atoms with Gasteiger partial charge in [0.1, 0.15) is 6.20 Å². The first-order chi connectivity index (χ1) is 6.72. The third kappa shape index (κ3) is 5.51. The van der Waals surface area contributed by atoms with Crippen LogP contribution in [0.1, 0.15) is 27.7 Å². The van der Waals surface area contributed by atoms with Crippen molar-refractivity contribution in [2.24, 2.45) is 7.05 Å². The Bertz CT molecular complexity index is 222. The summed E-state index contributed by atoms with van der Waals surface area (Å²) in [6.45, 7) is 8.00. The van der Waals surface area contributed by atoms with Crippen molar-refractivity contribution in [2.45, 2.75) is 27.7 Å². The predicted octanol–water partition coefficient (Wildman–Crippen LogP) is 2.02. The van der Waals surface area contributed by atoms with E-state index in [2.05, 4.69) is 4.98 Å². The molecular weight excluding hydrogens is 174 g/mol. The Morgan fingerprint density at radius 3 is 1.93 bits per heavy atom. The van der Waals surface area contributed by atoms with Crippen molar-refractivity contribution < 1.29 is 4.57 Å². The molecule has 0 radical (unpaired) electrons. The Kier molecular flexibility index (Phi) is 10.9. The van der Waals surface area contributed by atoms with Gasteiger partial charge in [-0.25, -0.2) is 4.57 Å². The molecule has 0 aliphatic heterocycles. The van der Waals surface area contributed by atoms with E-state index in [1.54, 1.807) is 6.20 Å². The molecule has 1 heterocycles. The topological polar surface area (TPSA) is 20.0 Å². The van der Waals surface area contributed by atoms with Gasteiger partial charge in [0.05, 0.1) is 27.3 Å². The maximum Gasteiger partial charge on any atom is 0.393 e. The summed E-state index contributed by atoms with van der Waals surface area (Å²) in [4.78, 5) is 6.14. The smallest absolute Gasteiger partial charge is 0.267 e. The Morgan fingerprint density at radius 2 is 1.64 bits per heavy atom. The SMILES string of the molecule is CC.CC.CN(C)c1nccc[n+]1C. The maximum atomic E-state index is 4.17. The van der Waals surface area contributed by atoms with E-state index in [-0.39, 0.29) is 0 Å². The summed E-state index contributed by atoms with van der Waals surface area (Å²) >= 11 is 0. The van der Waals surface area contributed by atoms with Crippen molar-refractivity contribution in [3.05, 3.63) is 18.5 Å². The van der Waals surface area contributed by atoms with Gasteiger partial charge in [0.2, 0.25) is 0 Å². The Morgan fingerprint density at radius 1 is 1.14 bits per heavy atom. The van der Waals surface area contributed by atoms with Crippen LogP contribution < -0.4 is 9.47 Å². The van der Waals surface area contributed by atoms with Crippen LogP contribution >= 0.6 is 0 Å². The van der Waals surface area contributed by atoms with Gasteiger partial charge in [0.25, 0.3) is 0 Å². The van der Waals surface area contributed by atoms with Gasteiger partial charge in [-0.3, -0.25) is 4.90 Å². The molecular formula is C11H24N3+. The molecule has 3 nitrogen and oxygen atoms in total. The molecule has 0 saturated heterocycles. The van der Waals surface area contributed by atoms with Gasteiger partial charge in [0.15, 0.2) is 0 Å². The Hall–Kier alpha value is -1.12. The van der Waals surface area contributed by atoms with Crippen LogP contribution in [0.5, 0.6) is 0 Å². The molecule has 0 spiro atoms. The summed E-state index contributed by atoms with van der Waals surface area (Å²) in [6, 6.07) is 1.91. The molecule has 0 bridgehead atoms. The van der Waals surface area contributed by atoms with Crippen LogP contribution in [0.4, 0.5) is 5.95 Å². The number of aromatic nitrogens is 2. The van der Waals surface area contributed by atoms with Crippen LogP contribution in [0, 0.1) is 0 Å². The molecule has 3 heteroatoms. The van der Waals surface area contributed by atoms with E-state index in [1.165, 1.54) is 0 Å². The highest BCUT2D eigenvalue weighted by molar-refractivity contribution is 5.17. The molecule has 0 aromatic carbocycles. The Balaban J connectivity index is 0. The van der Waals surface area contributed by atoms with Gasteiger partial charge in [-0.05, 0) is 0 Å². The number of aryl methyl sites for hydroxylation is 1. The minimum absolute atomic E-state index is 0.961. The zero-order chi connectivity index (χ0) is 11.6. The zero-order valence-electron chi connectivity index (χ0n) is 10.6. The van der Waals surface area contributed by atoms with E-state index in [1.807, 2.05) is 70.6 Å². The normalized spacial score (nSPS) is 7.64. The molecule has 82 valence electrons. The van der Waals surface area contributed by atoms with Gasteiger partial charge in [-0.2, -0.15) is 0 Å². The van der Waals surface area contributed by atoms with Gasteiger partial charge < -0.3 is 0 Å². The fraction of sp³-hybridized carbons (Fsp3) is 0.636. The van der Waals surface area contributed by atoms with E-state index < -0.39 is 0 Å². The molecule has 1 aromatic rings. The highest BCUT2D eigenvalue weighted by Gasteiger charge is 2.07. The van der Waals surface area contributed by atoms with Crippen LogP contribution in [-0.2, 0) is 7.05 Å². The van der Waals surface area contributed by atoms with Crippen molar-refractivity contribution in [1.29, 1.82) is 0 Å². The largest absolute Gasteiger partial charge is 0.393 e. The first-order valence-electron chi connectivity index (χ1n) is 5.20. The number of hydrogen-bond acceptors (Lipinski definition) is 2.